The highest BCUT2D eigenvalue weighted by molar-refractivity contribution is 5.59. The van der Waals surface area contributed by atoms with Crippen LogP contribution < -0.4 is 5.32 Å². The minimum absolute atomic E-state index is 0.229. The van der Waals surface area contributed by atoms with Crippen molar-refractivity contribution in [2.75, 3.05) is 26.2 Å². The van der Waals surface area contributed by atoms with Gasteiger partial charge in [-0.1, -0.05) is 0 Å². The van der Waals surface area contributed by atoms with E-state index in [2.05, 4.69) is 10.2 Å². The molecule has 1 atom stereocenters. The second-order valence-corrected chi connectivity index (χ2v) is 3.75. The van der Waals surface area contributed by atoms with Crippen LogP contribution in [0.1, 0.15) is 12.8 Å². The Bertz CT molecular complexity index is 162. The Labute approximate surface area is 73.1 Å². The van der Waals surface area contributed by atoms with E-state index in [4.69, 9.17) is 0 Å². The molecule has 1 unspecified atom stereocenters. The predicted octanol–water partition coefficient (Wildman–Crippen LogP) is -0.131. The maximum Gasteiger partial charge on any atom is 0.137 e. The van der Waals surface area contributed by atoms with Crippen molar-refractivity contribution in [3.63, 3.8) is 0 Å². The average Bonchev–Trinajstić information content (AvgIpc) is 2.92. The second-order valence-electron chi connectivity index (χ2n) is 3.75. The standard InChI is InChI=1S/C9H16N2O/c12-7-9(8-1-2-8)11-5-3-10-4-6-11/h7-10H,1-6H2. The van der Waals surface area contributed by atoms with Gasteiger partial charge < -0.3 is 10.1 Å². The first-order valence-electron chi connectivity index (χ1n) is 4.82. The Kier molecular flexibility index (Phi) is 2.42. The van der Waals surface area contributed by atoms with Gasteiger partial charge in [0.25, 0.3) is 0 Å². The lowest BCUT2D eigenvalue weighted by molar-refractivity contribution is -0.113. The van der Waals surface area contributed by atoms with Gasteiger partial charge in [0.15, 0.2) is 0 Å². The highest BCUT2D eigenvalue weighted by Crippen LogP contribution is 2.34. The van der Waals surface area contributed by atoms with E-state index < -0.39 is 0 Å². The Morgan fingerprint density at radius 3 is 2.50 bits per heavy atom. The van der Waals surface area contributed by atoms with Gasteiger partial charge in [-0.05, 0) is 18.8 Å². The topological polar surface area (TPSA) is 32.3 Å². The van der Waals surface area contributed by atoms with Crippen molar-refractivity contribution in [3.05, 3.63) is 0 Å². The molecule has 12 heavy (non-hydrogen) atoms. The summed E-state index contributed by atoms with van der Waals surface area (Å²) in [5.74, 6) is 0.681. The summed E-state index contributed by atoms with van der Waals surface area (Å²) in [4.78, 5) is 13.1. The SMILES string of the molecule is O=CC(C1CC1)N1CCNCC1. The fraction of sp³-hybridized carbons (Fsp3) is 0.889. The quantitative estimate of drug-likeness (QED) is 0.596. The number of hydrogen-bond acceptors (Lipinski definition) is 3. The number of carbonyl (C=O) groups is 1. The molecule has 3 nitrogen and oxygen atoms in total. The molecule has 1 aliphatic carbocycles. The van der Waals surface area contributed by atoms with Gasteiger partial charge in [0.05, 0.1) is 6.04 Å². The summed E-state index contributed by atoms with van der Waals surface area (Å²) in [5, 5.41) is 3.30. The second kappa shape index (κ2) is 3.54. The van der Waals surface area contributed by atoms with E-state index >= 15 is 0 Å². The summed E-state index contributed by atoms with van der Waals surface area (Å²) in [7, 11) is 0. The van der Waals surface area contributed by atoms with Gasteiger partial charge in [-0.15, -0.1) is 0 Å². The normalized spacial score (nSPS) is 28.3. The van der Waals surface area contributed by atoms with E-state index in [0.29, 0.717) is 5.92 Å². The van der Waals surface area contributed by atoms with Crippen LogP contribution in [0.2, 0.25) is 0 Å². The number of nitrogens with one attached hydrogen (secondary N) is 1. The van der Waals surface area contributed by atoms with Crippen LogP contribution in [0.15, 0.2) is 0 Å². The van der Waals surface area contributed by atoms with E-state index in [9.17, 15) is 4.79 Å². The number of aldehydes is 1. The monoisotopic (exact) mass is 168 g/mol. The van der Waals surface area contributed by atoms with Crippen LogP contribution in [0.5, 0.6) is 0 Å². The highest BCUT2D eigenvalue weighted by Gasteiger charge is 2.35. The van der Waals surface area contributed by atoms with Gasteiger partial charge in [-0.25, -0.2) is 0 Å². The Balaban J connectivity index is 1.89. The fourth-order valence-corrected chi connectivity index (χ4v) is 1.91. The van der Waals surface area contributed by atoms with Crippen LogP contribution in [0, 0.1) is 5.92 Å². The van der Waals surface area contributed by atoms with Crippen LogP contribution in [-0.2, 0) is 4.79 Å². The first-order valence-corrected chi connectivity index (χ1v) is 4.82. The number of nitrogens with zero attached hydrogens (tertiary/aromatic N) is 1. The van der Waals surface area contributed by atoms with Gasteiger partial charge in [-0.2, -0.15) is 0 Å². The van der Waals surface area contributed by atoms with E-state index in [1.54, 1.807) is 0 Å². The van der Waals surface area contributed by atoms with Crippen molar-refractivity contribution >= 4 is 6.29 Å². The van der Waals surface area contributed by atoms with Crippen molar-refractivity contribution in [2.24, 2.45) is 5.92 Å². The van der Waals surface area contributed by atoms with E-state index in [0.717, 1.165) is 32.5 Å². The molecule has 1 saturated heterocycles. The fourth-order valence-electron chi connectivity index (χ4n) is 1.91. The molecular weight excluding hydrogens is 152 g/mol. The minimum Gasteiger partial charge on any atom is -0.314 e. The van der Waals surface area contributed by atoms with Crippen LogP contribution in [-0.4, -0.2) is 43.4 Å². The largest absolute Gasteiger partial charge is 0.314 e. The summed E-state index contributed by atoms with van der Waals surface area (Å²) in [5.41, 5.74) is 0. The van der Waals surface area contributed by atoms with Crippen molar-refractivity contribution < 1.29 is 4.79 Å². The zero-order valence-corrected chi connectivity index (χ0v) is 7.33. The molecule has 0 aromatic rings. The van der Waals surface area contributed by atoms with E-state index in [1.165, 1.54) is 12.8 Å². The molecule has 1 saturated carbocycles. The van der Waals surface area contributed by atoms with E-state index in [1.807, 2.05) is 0 Å². The van der Waals surface area contributed by atoms with Gasteiger partial charge in [-0.3, -0.25) is 4.90 Å². The Hall–Kier alpha value is -0.410. The summed E-state index contributed by atoms with van der Waals surface area (Å²) >= 11 is 0. The zero-order valence-electron chi connectivity index (χ0n) is 7.33. The molecule has 3 heteroatoms. The molecule has 0 aromatic heterocycles. The molecule has 1 aliphatic heterocycles. The number of carbonyl (C=O) groups excluding carboxylic acids is 1. The number of piperazine rings is 1. The summed E-state index contributed by atoms with van der Waals surface area (Å²) in [6.07, 6.45) is 3.66. The van der Waals surface area contributed by atoms with Crippen LogP contribution in [0.3, 0.4) is 0 Å². The molecule has 2 fully saturated rings. The number of hydrogen-bond donors (Lipinski definition) is 1. The lowest BCUT2D eigenvalue weighted by atomic mass is 10.1. The maximum absolute atomic E-state index is 10.8. The maximum atomic E-state index is 10.8. The molecule has 1 heterocycles. The average molecular weight is 168 g/mol. The van der Waals surface area contributed by atoms with Crippen molar-refractivity contribution in [2.45, 2.75) is 18.9 Å². The molecule has 0 radical (unpaired) electrons. The molecule has 2 rings (SSSR count). The predicted molar refractivity (Wildman–Crippen MR) is 47.0 cm³/mol. The third-order valence-corrected chi connectivity index (χ3v) is 2.82. The third kappa shape index (κ3) is 1.67. The van der Waals surface area contributed by atoms with E-state index in [-0.39, 0.29) is 6.04 Å². The molecule has 0 bridgehead atoms. The lowest BCUT2D eigenvalue weighted by Gasteiger charge is -2.31. The van der Waals surface area contributed by atoms with Crippen LogP contribution >= 0.6 is 0 Å². The highest BCUT2D eigenvalue weighted by atomic mass is 16.1. The van der Waals surface area contributed by atoms with Crippen LogP contribution in [0.4, 0.5) is 0 Å². The van der Waals surface area contributed by atoms with Gasteiger partial charge in [0.1, 0.15) is 6.29 Å². The molecule has 1 N–H and O–H groups in total. The summed E-state index contributed by atoms with van der Waals surface area (Å²) in [6, 6.07) is 0.229. The molecule has 0 aromatic carbocycles. The molecule has 68 valence electrons. The lowest BCUT2D eigenvalue weighted by Crippen LogP contribution is -2.49. The van der Waals surface area contributed by atoms with Crippen molar-refractivity contribution in [1.29, 1.82) is 0 Å². The zero-order chi connectivity index (χ0) is 8.39. The van der Waals surface area contributed by atoms with Crippen molar-refractivity contribution in [1.82, 2.24) is 10.2 Å². The van der Waals surface area contributed by atoms with Gasteiger partial charge in [0.2, 0.25) is 0 Å². The van der Waals surface area contributed by atoms with Gasteiger partial charge in [0, 0.05) is 26.2 Å². The first-order chi connectivity index (χ1) is 5.92. The molecule has 2 aliphatic rings. The molecular formula is C9H16N2O. The Morgan fingerprint density at radius 1 is 1.33 bits per heavy atom. The van der Waals surface area contributed by atoms with Crippen LogP contribution in [0.25, 0.3) is 0 Å². The number of rotatable bonds is 3. The van der Waals surface area contributed by atoms with Crippen molar-refractivity contribution in [3.8, 4) is 0 Å². The first kappa shape index (κ1) is 8.20. The smallest absolute Gasteiger partial charge is 0.137 e. The Morgan fingerprint density at radius 2 is 2.00 bits per heavy atom. The summed E-state index contributed by atoms with van der Waals surface area (Å²) in [6.45, 7) is 4.16. The minimum atomic E-state index is 0.229. The van der Waals surface area contributed by atoms with Gasteiger partial charge >= 0.3 is 0 Å². The molecule has 0 amide bonds. The third-order valence-electron chi connectivity index (χ3n) is 2.82. The molecule has 0 spiro atoms. The summed E-state index contributed by atoms with van der Waals surface area (Å²) < 4.78 is 0.